The zero-order valence-electron chi connectivity index (χ0n) is 9.36. The Bertz CT molecular complexity index is 162. The molecule has 0 aromatic carbocycles. The van der Waals surface area contributed by atoms with Crippen LogP contribution in [0.4, 0.5) is 0 Å². The summed E-state index contributed by atoms with van der Waals surface area (Å²) >= 11 is 0. The summed E-state index contributed by atoms with van der Waals surface area (Å²) in [5, 5.41) is 0. The number of ether oxygens (including phenoxy) is 4. The van der Waals surface area contributed by atoms with E-state index in [9.17, 15) is 0 Å². The zero-order valence-corrected chi connectivity index (χ0v) is 9.36. The third-order valence-electron chi connectivity index (χ3n) is 2.61. The summed E-state index contributed by atoms with van der Waals surface area (Å²) in [4.78, 5) is 0. The summed E-state index contributed by atoms with van der Waals surface area (Å²) in [6.45, 7) is 5.20. The van der Waals surface area contributed by atoms with Crippen molar-refractivity contribution >= 4 is 0 Å². The molecule has 0 saturated carbocycles. The standard InChI is InChI=1S/C10H20O4/c1-5-13-10-8(11-3)6-14-7(2)9(10)12-4/h7-10H,5-6H2,1-4H3/t7-,8?,9?,10?/m0/s1. The molecule has 1 heterocycles. The van der Waals surface area contributed by atoms with Gasteiger partial charge in [-0.05, 0) is 13.8 Å². The Kier molecular flexibility index (Phi) is 4.81. The van der Waals surface area contributed by atoms with Crippen LogP contribution in [0.2, 0.25) is 0 Å². The van der Waals surface area contributed by atoms with Crippen molar-refractivity contribution < 1.29 is 18.9 Å². The molecule has 0 bridgehead atoms. The fraction of sp³-hybridized carbons (Fsp3) is 1.00. The van der Waals surface area contributed by atoms with E-state index >= 15 is 0 Å². The van der Waals surface area contributed by atoms with E-state index in [1.54, 1.807) is 14.2 Å². The molecule has 1 saturated heterocycles. The lowest BCUT2D eigenvalue weighted by atomic mass is 10.0. The molecule has 0 spiro atoms. The molecule has 0 aromatic rings. The topological polar surface area (TPSA) is 36.9 Å². The molecule has 84 valence electrons. The fourth-order valence-electron chi connectivity index (χ4n) is 1.84. The van der Waals surface area contributed by atoms with Gasteiger partial charge in [-0.15, -0.1) is 0 Å². The van der Waals surface area contributed by atoms with Gasteiger partial charge in [0.25, 0.3) is 0 Å². The van der Waals surface area contributed by atoms with Gasteiger partial charge >= 0.3 is 0 Å². The summed E-state index contributed by atoms with van der Waals surface area (Å²) in [5.41, 5.74) is 0. The van der Waals surface area contributed by atoms with E-state index in [4.69, 9.17) is 18.9 Å². The van der Waals surface area contributed by atoms with E-state index in [-0.39, 0.29) is 24.4 Å². The first-order valence-electron chi connectivity index (χ1n) is 5.03. The first-order valence-corrected chi connectivity index (χ1v) is 5.03. The Labute approximate surface area is 85.5 Å². The first-order chi connectivity index (χ1) is 6.74. The van der Waals surface area contributed by atoms with E-state index in [1.165, 1.54) is 0 Å². The van der Waals surface area contributed by atoms with Crippen molar-refractivity contribution in [1.29, 1.82) is 0 Å². The molecule has 4 nitrogen and oxygen atoms in total. The van der Waals surface area contributed by atoms with Crippen LogP contribution in [0.15, 0.2) is 0 Å². The Morgan fingerprint density at radius 1 is 1.21 bits per heavy atom. The second kappa shape index (κ2) is 5.66. The molecule has 0 aromatic heterocycles. The zero-order chi connectivity index (χ0) is 10.6. The maximum absolute atomic E-state index is 5.63. The van der Waals surface area contributed by atoms with Gasteiger partial charge in [-0.3, -0.25) is 0 Å². The average Bonchev–Trinajstić information content (AvgIpc) is 2.19. The van der Waals surface area contributed by atoms with Crippen molar-refractivity contribution in [2.24, 2.45) is 0 Å². The highest BCUT2D eigenvalue weighted by atomic mass is 16.6. The molecular weight excluding hydrogens is 184 g/mol. The number of methoxy groups -OCH3 is 2. The minimum absolute atomic E-state index is 0.0289. The fourth-order valence-corrected chi connectivity index (χ4v) is 1.84. The van der Waals surface area contributed by atoms with Crippen LogP contribution in [-0.4, -0.2) is 51.8 Å². The quantitative estimate of drug-likeness (QED) is 0.680. The van der Waals surface area contributed by atoms with E-state index in [2.05, 4.69) is 0 Å². The molecule has 0 N–H and O–H groups in total. The van der Waals surface area contributed by atoms with E-state index in [0.717, 1.165) is 0 Å². The molecule has 1 aliphatic heterocycles. The highest BCUT2D eigenvalue weighted by molar-refractivity contribution is 4.87. The number of hydrogen-bond acceptors (Lipinski definition) is 4. The molecular formula is C10H20O4. The van der Waals surface area contributed by atoms with Crippen molar-refractivity contribution in [3.63, 3.8) is 0 Å². The lowest BCUT2D eigenvalue weighted by Gasteiger charge is -2.39. The predicted octanol–water partition coefficient (Wildman–Crippen LogP) is 0.840. The molecule has 1 rings (SSSR count). The Balaban J connectivity index is 2.64. The average molecular weight is 204 g/mol. The van der Waals surface area contributed by atoms with E-state index in [0.29, 0.717) is 13.2 Å². The normalized spacial score (nSPS) is 38.6. The summed E-state index contributed by atoms with van der Waals surface area (Å²) in [5.74, 6) is 0. The molecule has 4 heteroatoms. The number of hydrogen-bond donors (Lipinski definition) is 0. The lowest BCUT2D eigenvalue weighted by Crippen LogP contribution is -2.54. The maximum atomic E-state index is 5.63. The van der Waals surface area contributed by atoms with Gasteiger partial charge < -0.3 is 18.9 Å². The van der Waals surface area contributed by atoms with Crippen LogP contribution in [-0.2, 0) is 18.9 Å². The van der Waals surface area contributed by atoms with Crippen molar-refractivity contribution in [2.45, 2.75) is 38.3 Å². The van der Waals surface area contributed by atoms with Gasteiger partial charge in [0.05, 0.1) is 12.7 Å². The third kappa shape index (κ3) is 2.45. The third-order valence-corrected chi connectivity index (χ3v) is 2.61. The SMILES string of the molecule is CCOC1C(OC)CO[C@@H](C)C1OC. The largest absolute Gasteiger partial charge is 0.376 e. The van der Waals surface area contributed by atoms with Gasteiger partial charge in [0.15, 0.2) is 0 Å². The Morgan fingerprint density at radius 2 is 1.93 bits per heavy atom. The summed E-state index contributed by atoms with van der Waals surface area (Å²) in [6.07, 6.45) is -0.0496. The molecule has 3 unspecified atom stereocenters. The van der Waals surface area contributed by atoms with Crippen LogP contribution in [0.25, 0.3) is 0 Å². The lowest BCUT2D eigenvalue weighted by molar-refractivity contribution is -0.212. The highest BCUT2D eigenvalue weighted by Gasteiger charge is 2.39. The molecule has 1 fully saturated rings. The molecule has 1 aliphatic rings. The van der Waals surface area contributed by atoms with Crippen LogP contribution >= 0.6 is 0 Å². The van der Waals surface area contributed by atoms with Gasteiger partial charge in [0.1, 0.15) is 18.3 Å². The predicted molar refractivity (Wildman–Crippen MR) is 52.4 cm³/mol. The second-order valence-corrected chi connectivity index (χ2v) is 3.43. The maximum Gasteiger partial charge on any atom is 0.114 e. The molecule has 0 amide bonds. The van der Waals surface area contributed by atoms with Crippen molar-refractivity contribution in [2.75, 3.05) is 27.4 Å². The van der Waals surface area contributed by atoms with E-state index < -0.39 is 0 Å². The van der Waals surface area contributed by atoms with Gasteiger partial charge in [0, 0.05) is 20.8 Å². The summed E-state index contributed by atoms with van der Waals surface area (Å²) in [7, 11) is 3.34. The molecule has 0 radical (unpaired) electrons. The monoisotopic (exact) mass is 204 g/mol. The van der Waals surface area contributed by atoms with E-state index in [1.807, 2.05) is 13.8 Å². The van der Waals surface area contributed by atoms with Crippen LogP contribution in [0, 0.1) is 0 Å². The number of rotatable bonds is 4. The van der Waals surface area contributed by atoms with Gasteiger partial charge in [-0.1, -0.05) is 0 Å². The van der Waals surface area contributed by atoms with Gasteiger partial charge in [0.2, 0.25) is 0 Å². The first kappa shape index (κ1) is 11.9. The van der Waals surface area contributed by atoms with Crippen molar-refractivity contribution in [3.05, 3.63) is 0 Å². The highest BCUT2D eigenvalue weighted by Crippen LogP contribution is 2.22. The Morgan fingerprint density at radius 3 is 2.43 bits per heavy atom. The summed E-state index contributed by atoms with van der Waals surface area (Å²) < 4.78 is 21.8. The van der Waals surface area contributed by atoms with Crippen LogP contribution in [0.3, 0.4) is 0 Å². The molecule has 14 heavy (non-hydrogen) atoms. The van der Waals surface area contributed by atoms with Crippen molar-refractivity contribution in [3.8, 4) is 0 Å². The minimum atomic E-state index is -0.0475. The minimum Gasteiger partial charge on any atom is -0.376 e. The van der Waals surface area contributed by atoms with Crippen LogP contribution in [0.5, 0.6) is 0 Å². The smallest absolute Gasteiger partial charge is 0.114 e. The molecule has 0 aliphatic carbocycles. The van der Waals surface area contributed by atoms with Crippen LogP contribution in [0.1, 0.15) is 13.8 Å². The second-order valence-electron chi connectivity index (χ2n) is 3.43. The van der Waals surface area contributed by atoms with Gasteiger partial charge in [-0.2, -0.15) is 0 Å². The Hall–Kier alpha value is -0.160. The summed E-state index contributed by atoms with van der Waals surface area (Å²) in [6, 6.07) is 0. The van der Waals surface area contributed by atoms with Crippen molar-refractivity contribution in [1.82, 2.24) is 0 Å². The van der Waals surface area contributed by atoms with Gasteiger partial charge in [-0.25, -0.2) is 0 Å². The molecule has 4 atom stereocenters. The van der Waals surface area contributed by atoms with Crippen LogP contribution < -0.4 is 0 Å².